The summed E-state index contributed by atoms with van der Waals surface area (Å²) in [4.78, 5) is 23.8. The van der Waals surface area contributed by atoms with Gasteiger partial charge in [-0.2, -0.15) is 5.26 Å². The largest absolute Gasteiger partial charge is 0.338 e. The van der Waals surface area contributed by atoms with Crippen LogP contribution in [0.15, 0.2) is 48.5 Å². The fourth-order valence-electron chi connectivity index (χ4n) is 2.64. The lowest BCUT2D eigenvalue weighted by molar-refractivity contribution is 0.240. The molecule has 4 N–H and O–H groups in total. The van der Waals surface area contributed by atoms with E-state index >= 15 is 0 Å². The molecule has 144 valence electrons. The fourth-order valence-corrected chi connectivity index (χ4v) is 2.64. The van der Waals surface area contributed by atoms with Gasteiger partial charge in [0.05, 0.1) is 11.6 Å². The second-order valence-corrected chi connectivity index (χ2v) is 6.82. The first-order valence-electron chi connectivity index (χ1n) is 9.27. The van der Waals surface area contributed by atoms with E-state index in [1.54, 1.807) is 24.3 Å². The summed E-state index contributed by atoms with van der Waals surface area (Å²) in [5.41, 5.74) is 3.06. The summed E-state index contributed by atoms with van der Waals surface area (Å²) >= 11 is 0. The molecule has 0 aliphatic heterocycles. The van der Waals surface area contributed by atoms with Gasteiger partial charge in [0.25, 0.3) is 0 Å². The molecule has 0 atom stereocenters. The Morgan fingerprint density at radius 3 is 2.18 bits per heavy atom. The second-order valence-electron chi connectivity index (χ2n) is 6.82. The molecule has 2 aromatic rings. The molecule has 3 rings (SSSR count). The zero-order valence-electron chi connectivity index (χ0n) is 15.5. The summed E-state index contributed by atoms with van der Waals surface area (Å²) in [6.45, 7) is 1.54. The minimum Gasteiger partial charge on any atom is -0.338 e. The van der Waals surface area contributed by atoms with Crippen molar-refractivity contribution in [2.75, 3.05) is 11.9 Å². The fraction of sp³-hybridized carbons (Fsp3) is 0.286. The monoisotopic (exact) mass is 377 g/mol. The van der Waals surface area contributed by atoms with Gasteiger partial charge in [-0.25, -0.2) is 9.59 Å². The number of nitriles is 1. The normalized spacial score (nSPS) is 12.5. The Labute approximate surface area is 164 Å². The number of benzene rings is 2. The Bertz CT molecular complexity index is 869. The highest BCUT2D eigenvalue weighted by molar-refractivity contribution is 5.89. The second kappa shape index (κ2) is 9.42. The number of nitrogens with one attached hydrogen (secondary N) is 4. The maximum atomic E-state index is 12.0. The topological polar surface area (TPSA) is 106 Å². The van der Waals surface area contributed by atoms with Crippen molar-refractivity contribution < 1.29 is 9.59 Å². The van der Waals surface area contributed by atoms with Crippen LogP contribution < -0.4 is 21.3 Å². The molecule has 1 aliphatic carbocycles. The lowest BCUT2D eigenvalue weighted by atomic mass is 10.1. The predicted octanol–water partition coefficient (Wildman–Crippen LogP) is 3.09. The molecular weight excluding hydrogens is 354 g/mol. The van der Waals surface area contributed by atoms with Crippen molar-refractivity contribution in [1.82, 2.24) is 16.0 Å². The highest BCUT2D eigenvalue weighted by Crippen LogP contribution is 2.27. The minimum atomic E-state index is -0.326. The van der Waals surface area contributed by atoms with Gasteiger partial charge in [0.2, 0.25) is 0 Å². The van der Waals surface area contributed by atoms with Crippen LogP contribution in [0, 0.1) is 17.2 Å². The van der Waals surface area contributed by atoms with Gasteiger partial charge in [0.15, 0.2) is 0 Å². The van der Waals surface area contributed by atoms with Crippen LogP contribution in [0.3, 0.4) is 0 Å². The molecular formula is C21H23N5O2. The van der Waals surface area contributed by atoms with Crippen LogP contribution in [0.2, 0.25) is 0 Å². The summed E-state index contributed by atoms with van der Waals surface area (Å²) in [7, 11) is 0. The average molecular weight is 377 g/mol. The predicted molar refractivity (Wildman–Crippen MR) is 106 cm³/mol. The highest BCUT2D eigenvalue weighted by atomic mass is 16.2. The van der Waals surface area contributed by atoms with E-state index in [4.69, 9.17) is 5.26 Å². The van der Waals surface area contributed by atoms with Crippen molar-refractivity contribution in [2.45, 2.75) is 25.9 Å². The Kier molecular flexibility index (Phi) is 6.47. The third-order valence-electron chi connectivity index (χ3n) is 4.42. The van der Waals surface area contributed by atoms with E-state index in [0.29, 0.717) is 30.3 Å². The van der Waals surface area contributed by atoms with Crippen molar-refractivity contribution in [3.05, 3.63) is 65.2 Å². The number of carbonyl (C=O) groups excluding carboxylic acids is 2. The first kappa shape index (κ1) is 19.2. The molecule has 0 heterocycles. The Hall–Kier alpha value is -3.53. The number of carbonyl (C=O) groups is 2. The molecule has 1 saturated carbocycles. The Balaban J connectivity index is 1.42. The van der Waals surface area contributed by atoms with E-state index in [-0.39, 0.29) is 12.1 Å². The van der Waals surface area contributed by atoms with Gasteiger partial charge in [-0.1, -0.05) is 24.3 Å². The number of hydrogen-bond acceptors (Lipinski definition) is 3. The number of hydrogen-bond donors (Lipinski definition) is 4. The third kappa shape index (κ3) is 6.32. The van der Waals surface area contributed by atoms with Gasteiger partial charge in [-0.15, -0.1) is 0 Å². The van der Waals surface area contributed by atoms with Crippen LogP contribution in [0.1, 0.15) is 29.5 Å². The average Bonchev–Trinajstić information content (AvgIpc) is 3.55. The number of anilines is 1. The van der Waals surface area contributed by atoms with Gasteiger partial charge in [-0.3, -0.25) is 0 Å². The maximum absolute atomic E-state index is 12.0. The smallest absolute Gasteiger partial charge is 0.319 e. The quantitative estimate of drug-likeness (QED) is 0.596. The lowest BCUT2D eigenvalue weighted by Crippen LogP contribution is -2.36. The van der Waals surface area contributed by atoms with Crippen LogP contribution in [0.5, 0.6) is 0 Å². The Morgan fingerprint density at radius 2 is 1.57 bits per heavy atom. The van der Waals surface area contributed by atoms with E-state index in [1.807, 2.05) is 30.3 Å². The number of nitrogens with zero attached hydrogens (tertiary/aromatic N) is 1. The van der Waals surface area contributed by atoms with Crippen LogP contribution >= 0.6 is 0 Å². The summed E-state index contributed by atoms with van der Waals surface area (Å²) < 4.78 is 0. The minimum absolute atomic E-state index is 0.155. The highest BCUT2D eigenvalue weighted by Gasteiger charge is 2.21. The molecule has 0 saturated heterocycles. The summed E-state index contributed by atoms with van der Waals surface area (Å²) in [5.74, 6) is 0.649. The molecule has 7 nitrogen and oxygen atoms in total. The van der Waals surface area contributed by atoms with E-state index in [2.05, 4.69) is 21.3 Å². The van der Waals surface area contributed by atoms with Crippen molar-refractivity contribution in [2.24, 2.45) is 5.92 Å². The maximum Gasteiger partial charge on any atom is 0.319 e. The first-order valence-corrected chi connectivity index (χ1v) is 9.27. The van der Waals surface area contributed by atoms with Crippen LogP contribution in [0.25, 0.3) is 0 Å². The molecule has 7 heteroatoms. The molecule has 0 spiro atoms. The molecule has 0 aromatic heterocycles. The van der Waals surface area contributed by atoms with Gasteiger partial charge in [0.1, 0.15) is 0 Å². The van der Waals surface area contributed by atoms with E-state index < -0.39 is 0 Å². The van der Waals surface area contributed by atoms with Gasteiger partial charge in [-0.05, 0) is 54.2 Å². The summed E-state index contributed by atoms with van der Waals surface area (Å²) in [6.07, 6.45) is 2.40. The Morgan fingerprint density at radius 1 is 0.929 bits per heavy atom. The first-order chi connectivity index (χ1) is 13.6. The van der Waals surface area contributed by atoms with Crippen molar-refractivity contribution >= 4 is 17.7 Å². The van der Waals surface area contributed by atoms with Gasteiger partial charge >= 0.3 is 12.1 Å². The SMILES string of the molecule is N#Cc1ccc(NC(=O)NCc2cccc(CNC(=O)NCC3CC3)c2)cc1. The summed E-state index contributed by atoms with van der Waals surface area (Å²) in [6, 6.07) is 15.9. The van der Waals surface area contributed by atoms with Crippen molar-refractivity contribution in [1.29, 1.82) is 5.26 Å². The van der Waals surface area contributed by atoms with Gasteiger partial charge < -0.3 is 21.3 Å². The van der Waals surface area contributed by atoms with E-state index in [9.17, 15) is 9.59 Å². The lowest BCUT2D eigenvalue weighted by Gasteiger charge is -2.10. The van der Waals surface area contributed by atoms with Crippen LogP contribution in [-0.4, -0.2) is 18.6 Å². The molecule has 2 aromatic carbocycles. The molecule has 28 heavy (non-hydrogen) atoms. The molecule has 1 aliphatic rings. The van der Waals surface area contributed by atoms with E-state index in [1.165, 1.54) is 12.8 Å². The van der Waals surface area contributed by atoms with Gasteiger partial charge in [0, 0.05) is 25.3 Å². The zero-order chi connectivity index (χ0) is 19.8. The number of urea groups is 2. The van der Waals surface area contributed by atoms with Crippen molar-refractivity contribution in [3.63, 3.8) is 0 Å². The number of amides is 4. The van der Waals surface area contributed by atoms with Crippen LogP contribution in [0.4, 0.5) is 15.3 Å². The van der Waals surface area contributed by atoms with E-state index in [0.717, 1.165) is 17.7 Å². The molecule has 0 unspecified atom stereocenters. The molecule has 4 amide bonds. The van der Waals surface area contributed by atoms with Crippen molar-refractivity contribution in [3.8, 4) is 6.07 Å². The molecule has 0 radical (unpaired) electrons. The molecule has 1 fully saturated rings. The summed E-state index contributed by atoms with van der Waals surface area (Å²) in [5, 5.41) is 20.0. The zero-order valence-corrected chi connectivity index (χ0v) is 15.5. The number of rotatable bonds is 7. The standard InChI is InChI=1S/C21H23N5O2/c22-11-15-6-8-19(9-7-15)26-21(28)25-14-18-3-1-2-17(10-18)13-24-20(27)23-12-16-4-5-16/h1-3,6-10,16H,4-5,12-14H2,(H2,23,24,27)(H2,25,26,28). The molecule has 0 bridgehead atoms. The third-order valence-corrected chi connectivity index (χ3v) is 4.42. The van der Waals surface area contributed by atoms with Crippen LogP contribution in [-0.2, 0) is 13.1 Å².